The molecule has 3 aliphatic heterocycles. The number of carbonyl (C=O) groups excluding carboxylic acids is 1. The molecule has 6 nitrogen and oxygen atoms in total. The van der Waals surface area contributed by atoms with Crippen LogP contribution in [0.3, 0.4) is 0 Å². The molecule has 1 unspecified atom stereocenters. The van der Waals surface area contributed by atoms with Crippen molar-refractivity contribution in [1.82, 2.24) is 14.5 Å². The lowest BCUT2D eigenvalue weighted by atomic mass is 9.89. The van der Waals surface area contributed by atoms with E-state index in [1.165, 1.54) is 17.1 Å². The molecule has 2 bridgehead atoms. The molecule has 0 aromatic heterocycles. The Morgan fingerprint density at radius 1 is 1.09 bits per heavy atom. The van der Waals surface area contributed by atoms with Crippen LogP contribution in [0.25, 0.3) is 0 Å². The van der Waals surface area contributed by atoms with Crippen molar-refractivity contribution in [3.63, 3.8) is 0 Å². The quantitative estimate of drug-likeness (QED) is 0.811. The second-order valence-corrected chi connectivity index (χ2v) is 9.12. The average Bonchev–Trinajstić information content (AvgIpc) is 2.86. The monoisotopic (exact) mass is 329 g/mol. The summed E-state index contributed by atoms with van der Waals surface area (Å²) in [6.45, 7) is 3.63. The highest BCUT2D eigenvalue weighted by molar-refractivity contribution is 7.89. The number of carbonyl (C=O) groups is 1. The molecule has 0 aliphatic carbocycles. The molecule has 0 aromatic rings. The topological polar surface area (TPSA) is 69.7 Å². The first-order chi connectivity index (χ1) is 10.5. The van der Waals surface area contributed by atoms with E-state index in [0.29, 0.717) is 50.6 Å². The Labute approximate surface area is 133 Å². The highest BCUT2D eigenvalue weighted by atomic mass is 32.2. The van der Waals surface area contributed by atoms with Crippen LogP contribution in [-0.2, 0) is 14.8 Å². The number of amides is 1. The van der Waals surface area contributed by atoms with Crippen molar-refractivity contribution in [1.29, 1.82) is 0 Å². The van der Waals surface area contributed by atoms with Gasteiger partial charge in [-0.15, -0.1) is 0 Å². The Kier molecular flexibility index (Phi) is 4.75. The van der Waals surface area contributed by atoms with Gasteiger partial charge in [0.25, 0.3) is 0 Å². The van der Waals surface area contributed by atoms with E-state index in [0.717, 1.165) is 12.8 Å². The third kappa shape index (κ3) is 3.46. The number of sulfonamides is 1. The largest absolute Gasteiger partial charge is 0.340 e. The van der Waals surface area contributed by atoms with E-state index >= 15 is 0 Å². The Bertz CT molecular complexity index is 502. The Balaban J connectivity index is 1.48. The van der Waals surface area contributed by atoms with Crippen molar-refractivity contribution in [3.8, 4) is 0 Å². The van der Waals surface area contributed by atoms with Gasteiger partial charge in [-0.2, -0.15) is 4.31 Å². The van der Waals surface area contributed by atoms with Gasteiger partial charge >= 0.3 is 0 Å². The fourth-order valence-corrected chi connectivity index (χ4v) is 5.20. The lowest BCUT2D eigenvalue weighted by Gasteiger charge is -2.35. The fraction of sp³-hybridized carbons (Fsp3) is 0.933. The maximum atomic E-state index is 12.5. The van der Waals surface area contributed by atoms with Gasteiger partial charge in [-0.1, -0.05) is 0 Å². The van der Waals surface area contributed by atoms with Crippen LogP contribution < -0.4 is 5.32 Å². The molecule has 3 atom stereocenters. The van der Waals surface area contributed by atoms with Gasteiger partial charge in [-0.3, -0.25) is 4.79 Å². The molecular formula is C15H27N3O3S. The van der Waals surface area contributed by atoms with E-state index in [4.69, 9.17) is 0 Å². The molecule has 3 rings (SSSR count). The Morgan fingerprint density at radius 2 is 1.68 bits per heavy atom. The molecule has 1 amide bonds. The minimum absolute atomic E-state index is 0.138. The first-order valence-corrected chi connectivity index (χ1v) is 10.1. The fourth-order valence-electron chi connectivity index (χ4n) is 4.12. The van der Waals surface area contributed by atoms with Gasteiger partial charge in [0.15, 0.2) is 0 Å². The van der Waals surface area contributed by atoms with E-state index in [1.54, 1.807) is 6.92 Å². The van der Waals surface area contributed by atoms with Crippen LogP contribution in [0.2, 0.25) is 0 Å². The van der Waals surface area contributed by atoms with Gasteiger partial charge in [-0.25, -0.2) is 8.42 Å². The maximum absolute atomic E-state index is 12.5. The summed E-state index contributed by atoms with van der Waals surface area (Å²) in [4.78, 5) is 14.3. The van der Waals surface area contributed by atoms with Crippen molar-refractivity contribution in [2.24, 2.45) is 5.92 Å². The zero-order valence-corrected chi connectivity index (χ0v) is 14.1. The van der Waals surface area contributed by atoms with Gasteiger partial charge in [-0.05, 0) is 38.5 Å². The number of nitrogens with zero attached hydrogens (tertiary/aromatic N) is 2. The third-order valence-corrected chi connectivity index (χ3v) is 7.27. The van der Waals surface area contributed by atoms with E-state index in [1.807, 2.05) is 4.90 Å². The van der Waals surface area contributed by atoms with Gasteiger partial charge in [0, 0.05) is 44.7 Å². The molecule has 3 heterocycles. The first kappa shape index (κ1) is 16.2. The predicted molar refractivity (Wildman–Crippen MR) is 84.9 cm³/mol. The molecule has 7 heteroatoms. The van der Waals surface area contributed by atoms with Crippen molar-refractivity contribution in [2.75, 3.05) is 31.9 Å². The molecule has 3 aliphatic rings. The number of rotatable bonds is 4. The van der Waals surface area contributed by atoms with Crippen LogP contribution in [0.4, 0.5) is 0 Å². The van der Waals surface area contributed by atoms with Crippen molar-refractivity contribution in [3.05, 3.63) is 0 Å². The van der Waals surface area contributed by atoms with Crippen LogP contribution in [0.15, 0.2) is 0 Å². The minimum atomic E-state index is -3.12. The van der Waals surface area contributed by atoms with Gasteiger partial charge in [0.05, 0.1) is 5.75 Å². The minimum Gasteiger partial charge on any atom is -0.340 e. The summed E-state index contributed by atoms with van der Waals surface area (Å²) in [7, 11) is -3.12. The molecule has 0 radical (unpaired) electrons. The standard InChI is InChI=1S/C15H27N3O3S/c1-2-22(20,21)18-7-5-17(6-8-18)15(19)11-12-9-13-3-4-14(10-12)16-13/h12-14,16H,2-11H2,1H3/t12?,13-,14+. The predicted octanol–water partition coefficient (Wildman–Crippen LogP) is 0.401. The number of nitrogens with one attached hydrogen (secondary N) is 1. The number of piperidine rings is 1. The van der Waals surface area contributed by atoms with Crippen LogP contribution in [0.5, 0.6) is 0 Å². The third-order valence-electron chi connectivity index (χ3n) is 5.38. The molecule has 1 N–H and O–H groups in total. The smallest absolute Gasteiger partial charge is 0.222 e. The second-order valence-electron chi connectivity index (χ2n) is 6.86. The van der Waals surface area contributed by atoms with E-state index in [9.17, 15) is 13.2 Å². The number of fused-ring (bicyclic) bond motifs is 2. The summed E-state index contributed by atoms with van der Waals surface area (Å²) < 4.78 is 25.2. The summed E-state index contributed by atoms with van der Waals surface area (Å²) in [5.74, 6) is 0.849. The van der Waals surface area contributed by atoms with Crippen LogP contribution in [0, 0.1) is 5.92 Å². The summed E-state index contributed by atoms with van der Waals surface area (Å²) in [5, 5.41) is 3.60. The molecule has 3 fully saturated rings. The molecule has 3 saturated heterocycles. The lowest BCUT2D eigenvalue weighted by Crippen LogP contribution is -2.51. The van der Waals surface area contributed by atoms with E-state index in [-0.39, 0.29) is 11.7 Å². The summed E-state index contributed by atoms with van der Waals surface area (Å²) in [6, 6.07) is 1.23. The van der Waals surface area contributed by atoms with E-state index < -0.39 is 10.0 Å². The van der Waals surface area contributed by atoms with Crippen molar-refractivity contribution < 1.29 is 13.2 Å². The highest BCUT2D eigenvalue weighted by Gasteiger charge is 2.35. The van der Waals surface area contributed by atoms with Crippen molar-refractivity contribution >= 4 is 15.9 Å². The summed E-state index contributed by atoms with van der Waals surface area (Å²) in [5.41, 5.74) is 0. The Hall–Kier alpha value is -0.660. The molecule has 0 aromatic carbocycles. The molecule has 126 valence electrons. The van der Waals surface area contributed by atoms with Crippen LogP contribution in [-0.4, -0.2) is 67.5 Å². The van der Waals surface area contributed by atoms with Gasteiger partial charge in [0.1, 0.15) is 0 Å². The summed E-state index contributed by atoms with van der Waals surface area (Å²) in [6.07, 6.45) is 5.37. The van der Waals surface area contributed by atoms with Crippen molar-refractivity contribution in [2.45, 2.75) is 51.1 Å². The first-order valence-electron chi connectivity index (χ1n) is 8.49. The molecule has 0 saturated carbocycles. The second kappa shape index (κ2) is 6.45. The molecule has 22 heavy (non-hydrogen) atoms. The molecular weight excluding hydrogens is 302 g/mol. The molecule has 0 spiro atoms. The summed E-state index contributed by atoms with van der Waals surface area (Å²) >= 11 is 0. The lowest BCUT2D eigenvalue weighted by molar-refractivity contribution is -0.133. The van der Waals surface area contributed by atoms with Crippen LogP contribution >= 0.6 is 0 Å². The Morgan fingerprint density at radius 3 is 2.23 bits per heavy atom. The normalized spacial score (nSPS) is 33.1. The maximum Gasteiger partial charge on any atom is 0.222 e. The number of hydrogen-bond donors (Lipinski definition) is 1. The van der Waals surface area contributed by atoms with Crippen LogP contribution in [0.1, 0.15) is 39.0 Å². The number of piperazine rings is 1. The SMILES string of the molecule is CCS(=O)(=O)N1CCN(C(=O)CC2C[C@H]3CC[C@@H](C2)N3)CC1. The zero-order valence-electron chi connectivity index (χ0n) is 13.3. The average molecular weight is 329 g/mol. The highest BCUT2D eigenvalue weighted by Crippen LogP contribution is 2.33. The van der Waals surface area contributed by atoms with Gasteiger partial charge < -0.3 is 10.2 Å². The van der Waals surface area contributed by atoms with Gasteiger partial charge in [0.2, 0.25) is 15.9 Å². The van der Waals surface area contributed by atoms with E-state index in [2.05, 4.69) is 5.32 Å². The zero-order chi connectivity index (χ0) is 15.7. The number of hydrogen-bond acceptors (Lipinski definition) is 4.